The summed E-state index contributed by atoms with van der Waals surface area (Å²) >= 11 is 0. The monoisotopic (exact) mass is 240 g/mol. The Balaban J connectivity index is 2.37. The van der Waals surface area contributed by atoms with Gasteiger partial charge in [0.15, 0.2) is 0 Å². The molecule has 1 heterocycles. The van der Waals surface area contributed by atoms with Crippen LogP contribution in [0, 0.1) is 0 Å². The van der Waals surface area contributed by atoms with Gasteiger partial charge in [-0.25, -0.2) is 4.72 Å². The summed E-state index contributed by atoms with van der Waals surface area (Å²) in [7, 11) is -4.53. The molecule has 84 valence electrons. The molecular formula is C9H8N2O4S. The van der Waals surface area contributed by atoms with Crippen LogP contribution in [0.15, 0.2) is 30.3 Å². The minimum absolute atomic E-state index is 0.0684. The van der Waals surface area contributed by atoms with E-state index in [0.29, 0.717) is 5.52 Å². The van der Waals surface area contributed by atoms with Crippen molar-refractivity contribution in [3.05, 3.63) is 36.0 Å². The number of rotatable bonds is 2. The van der Waals surface area contributed by atoms with Crippen LogP contribution in [0.1, 0.15) is 10.5 Å². The molecule has 16 heavy (non-hydrogen) atoms. The summed E-state index contributed by atoms with van der Waals surface area (Å²) in [6.45, 7) is 0. The Morgan fingerprint density at radius 3 is 2.62 bits per heavy atom. The number of amides is 1. The van der Waals surface area contributed by atoms with Gasteiger partial charge in [0.1, 0.15) is 5.69 Å². The molecule has 0 saturated carbocycles. The van der Waals surface area contributed by atoms with Gasteiger partial charge < -0.3 is 4.98 Å². The lowest BCUT2D eigenvalue weighted by Crippen LogP contribution is -2.29. The number of para-hydroxylation sites is 1. The Morgan fingerprint density at radius 2 is 2.00 bits per heavy atom. The second kappa shape index (κ2) is 3.62. The zero-order valence-corrected chi connectivity index (χ0v) is 8.78. The van der Waals surface area contributed by atoms with Crippen molar-refractivity contribution in [2.45, 2.75) is 0 Å². The smallest absolute Gasteiger partial charge is 0.350 e. The number of carbonyl (C=O) groups is 1. The minimum atomic E-state index is -4.53. The molecule has 0 unspecified atom stereocenters. The van der Waals surface area contributed by atoms with E-state index in [-0.39, 0.29) is 5.69 Å². The molecule has 0 radical (unpaired) electrons. The lowest BCUT2D eigenvalue weighted by atomic mass is 10.2. The molecule has 2 aromatic rings. The van der Waals surface area contributed by atoms with Crippen LogP contribution < -0.4 is 4.72 Å². The molecule has 0 fully saturated rings. The maximum absolute atomic E-state index is 11.3. The quantitative estimate of drug-likeness (QED) is 0.673. The number of hydrogen-bond acceptors (Lipinski definition) is 3. The van der Waals surface area contributed by atoms with Gasteiger partial charge in [-0.05, 0) is 12.1 Å². The van der Waals surface area contributed by atoms with Crippen molar-refractivity contribution in [1.29, 1.82) is 0 Å². The zero-order valence-electron chi connectivity index (χ0n) is 7.97. The van der Waals surface area contributed by atoms with E-state index in [1.54, 1.807) is 24.3 Å². The van der Waals surface area contributed by atoms with E-state index in [4.69, 9.17) is 4.55 Å². The van der Waals surface area contributed by atoms with Crippen molar-refractivity contribution in [3.8, 4) is 0 Å². The first-order valence-electron chi connectivity index (χ1n) is 4.33. The third-order valence-corrected chi connectivity index (χ3v) is 2.44. The Labute approximate surface area is 91.2 Å². The molecule has 1 amide bonds. The van der Waals surface area contributed by atoms with E-state index in [1.165, 1.54) is 10.8 Å². The topological polar surface area (TPSA) is 99.3 Å². The largest absolute Gasteiger partial charge is 0.360 e. The average molecular weight is 240 g/mol. The van der Waals surface area contributed by atoms with Gasteiger partial charge in [0.2, 0.25) is 0 Å². The molecule has 0 spiro atoms. The third kappa shape index (κ3) is 2.20. The zero-order chi connectivity index (χ0) is 11.8. The second-order valence-electron chi connectivity index (χ2n) is 3.18. The average Bonchev–Trinajstić information content (AvgIpc) is 2.58. The van der Waals surface area contributed by atoms with Crippen molar-refractivity contribution in [3.63, 3.8) is 0 Å². The fourth-order valence-electron chi connectivity index (χ4n) is 1.37. The molecule has 3 N–H and O–H groups in total. The molecule has 1 aromatic heterocycles. The van der Waals surface area contributed by atoms with Gasteiger partial charge in [0.25, 0.3) is 5.91 Å². The van der Waals surface area contributed by atoms with Crippen LogP contribution in [0.2, 0.25) is 0 Å². The number of aromatic nitrogens is 1. The Bertz CT molecular complexity index is 611. The van der Waals surface area contributed by atoms with Crippen molar-refractivity contribution in [2.75, 3.05) is 0 Å². The van der Waals surface area contributed by atoms with Crippen LogP contribution >= 0.6 is 0 Å². The van der Waals surface area contributed by atoms with Crippen molar-refractivity contribution in [1.82, 2.24) is 9.71 Å². The van der Waals surface area contributed by atoms with Gasteiger partial charge in [-0.2, -0.15) is 8.42 Å². The predicted molar refractivity (Wildman–Crippen MR) is 57.3 cm³/mol. The van der Waals surface area contributed by atoms with E-state index >= 15 is 0 Å². The van der Waals surface area contributed by atoms with E-state index in [2.05, 4.69) is 4.98 Å². The van der Waals surface area contributed by atoms with Gasteiger partial charge in [0.05, 0.1) is 0 Å². The highest BCUT2D eigenvalue weighted by Crippen LogP contribution is 2.14. The number of hydrogen-bond donors (Lipinski definition) is 3. The predicted octanol–water partition coefficient (Wildman–Crippen LogP) is 0.700. The number of H-pyrrole nitrogens is 1. The summed E-state index contributed by atoms with van der Waals surface area (Å²) in [6, 6.07) is 8.59. The molecule has 0 saturated heterocycles. The fraction of sp³-hybridized carbons (Fsp3) is 0. The van der Waals surface area contributed by atoms with Crippen LogP contribution in [0.25, 0.3) is 10.9 Å². The standard InChI is InChI=1S/C9H8N2O4S/c12-9(11-16(13,14)15)8-5-6-3-1-2-4-7(6)10-8/h1-5,10H,(H,11,12)(H,13,14,15). The maximum Gasteiger partial charge on any atom is 0.360 e. The first-order valence-corrected chi connectivity index (χ1v) is 5.77. The molecule has 0 bridgehead atoms. The number of nitrogens with one attached hydrogen (secondary N) is 2. The lowest BCUT2D eigenvalue weighted by molar-refractivity contribution is 0.0974. The Kier molecular flexibility index (Phi) is 2.41. The van der Waals surface area contributed by atoms with Crippen LogP contribution in [0.3, 0.4) is 0 Å². The van der Waals surface area contributed by atoms with Crippen LogP contribution in [0.5, 0.6) is 0 Å². The summed E-state index contributed by atoms with van der Waals surface area (Å²) in [5, 5.41) is 0.781. The van der Waals surface area contributed by atoms with Crippen molar-refractivity contribution < 1.29 is 17.8 Å². The van der Waals surface area contributed by atoms with Gasteiger partial charge >= 0.3 is 10.3 Å². The SMILES string of the molecule is O=C(NS(=O)(=O)O)c1cc2ccccc2[nH]1. The van der Waals surface area contributed by atoms with Gasteiger partial charge in [0, 0.05) is 10.9 Å². The normalized spacial score (nSPS) is 11.6. The van der Waals surface area contributed by atoms with E-state index in [9.17, 15) is 13.2 Å². The number of fused-ring (bicyclic) bond motifs is 1. The third-order valence-electron chi connectivity index (χ3n) is 2.00. The molecule has 2 rings (SSSR count). The van der Waals surface area contributed by atoms with Crippen LogP contribution in [0.4, 0.5) is 0 Å². The molecule has 0 aliphatic rings. The lowest BCUT2D eigenvalue weighted by Gasteiger charge is -1.97. The van der Waals surface area contributed by atoms with Crippen molar-refractivity contribution in [2.24, 2.45) is 0 Å². The molecule has 0 atom stereocenters. The first kappa shape index (κ1) is 10.7. The summed E-state index contributed by atoms with van der Waals surface area (Å²) in [4.78, 5) is 14.1. The molecular weight excluding hydrogens is 232 g/mol. The Hall–Kier alpha value is -1.86. The Morgan fingerprint density at radius 1 is 1.31 bits per heavy atom. The first-order chi connectivity index (χ1) is 7.46. The number of aromatic amines is 1. The molecule has 0 aliphatic heterocycles. The summed E-state index contributed by atoms with van der Waals surface area (Å²) in [5.41, 5.74) is 0.779. The highest BCUT2D eigenvalue weighted by atomic mass is 32.2. The van der Waals surface area contributed by atoms with E-state index in [1.807, 2.05) is 0 Å². The van der Waals surface area contributed by atoms with Crippen LogP contribution in [-0.2, 0) is 10.3 Å². The molecule has 7 heteroatoms. The van der Waals surface area contributed by atoms with E-state index < -0.39 is 16.2 Å². The van der Waals surface area contributed by atoms with Crippen molar-refractivity contribution >= 4 is 27.1 Å². The van der Waals surface area contributed by atoms with Crippen LogP contribution in [-0.4, -0.2) is 23.9 Å². The summed E-state index contributed by atoms with van der Waals surface area (Å²) in [6.07, 6.45) is 0. The molecule has 6 nitrogen and oxygen atoms in total. The highest BCUT2D eigenvalue weighted by Gasteiger charge is 2.14. The summed E-state index contributed by atoms with van der Waals surface area (Å²) < 4.78 is 30.8. The second-order valence-corrected chi connectivity index (χ2v) is 4.33. The maximum atomic E-state index is 11.3. The number of benzene rings is 1. The molecule has 0 aliphatic carbocycles. The minimum Gasteiger partial charge on any atom is -0.350 e. The highest BCUT2D eigenvalue weighted by molar-refractivity contribution is 7.84. The van der Waals surface area contributed by atoms with Gasteiger partial charge in [-0.3, -0.25) is 9.35 Å². The summed E-state index contributed by atoms with van der Waals surface area (Å²) in [5.74, 6) is -0.904. The van der Waals surface area contributed by atoms with Gasteiger partial charge in [-0.1, -0.05) is 18.2 Å². The van der Waals surface area contributed by atoms with E-state index in [0.717, 1.165) is 5.39 Å². The molecule has 1 aromatic carbocycles. The fourth-order valence-corrected chi connectivity index (χ4v) is 1.71. The van der Waals surface area contributed by atoms with Gasteiger partial charge in [-0.15, -0.1) is 0 Å². The number of carbonyl (C=O) groups excluding carboxylic acids is 1.